The van der Waals surface area contributed by atoms with Gasteiger partial charge in [0.25, 0.3) is 5.91 Å². The Morgan fingerprint density at radius 3 is 2.70 bits per heavy atom. The number of pyridine rings is 1. The molecule has 3 N–H and O–H groups in total. The molecule has 1 fully saturated rings. The molecule has 188 valence electrons. The summed E-state index contributed by atoms with van der Waals surface area (Å²) < 4.78 is 5.95. The molecule has 9 heteroatoms. The van der Waals surface area contributed by atoms with Gasteiger partial charge in [-0.2, -0.15) is 0 Å². The Kier molecular flexibility index (Phi) is 6.02. The first-order valence-corrected chi connectivity index (χ1v) is 13.2. The van der Waals surface area contributed by atoms with Gasteiger partial charge in [-0.1, -0.05) is 31.0 Å². The number of para-hydroxylation sites is 1. The number of urea groups is 1. The number of aliphatic hydroxyl groups excluding tert-OH is 1. The molecule has 2 aromatic carbocycles. The van der Waals surface area contributed by atoms with Gasteiger partial charge in [0.1, 0.15) is 21.2 Å². The third-order valence-corrected chi connectivity index (χ3v) is 7.98. The number of hydrogen-bond donors (Lipinski definition) is 3. The molecule has 0 spiro atoms. The molecule has 0 saturated heterocycles. The van der Waals surface area contributed by atoms with Crippen LogP contribution in [0.3, 0.4) is 0 Å². The van der Waals surface area contributed by atoms with Gasteiger partial charge >= 0.3 is 6.03 Å². The number of rotatable bonds is 5. The number of aryl methyl sites for hydroxylation is 1. The monoisotopic (exact) mass is 514 g/mol. The van der Waals surface area contributed by atoms with Gasteiger partial charge in [0.2, 0.25) is 0 Å². The number of amides is 3. The van der Waals surface area contributed by atoms with Crippen LogP contribution in [-0.4, -0.2) is 34.2 Å². The van der Waals surface area contributed by atoms with E-state index < -0.39 is 6.10 Å². The lowest BCUT2D eigenvalue weighted by Gasteiger charge is -2.30. The lowest BCUT2D eigenvalue weighted by atomic mass is 9.92. The van der Waals surface area contributed by atoms with E-state index >= 15 is 0 Å². The highest BCUT2D eigenvalue weighted by molar-refractivity contribution is 7.21. The maximum Gasteiger partial charge on any atom is 0.331 e. The summed E-state index contributed by atoms with van der Waals surface area (Å²) in [5.74, 6) is 1.10. The van der Waals surface area contributed by atoms with Crippen LogP contribution in [0.15, 0.2) is 60.8 Å². The normalized spacial score (nSPS) is 19.0. The highest BCUT2D eigenvalue weighted by Gasteiger charge is 2.34. The van der Waals surface area contributed by atoms with Crippen LogP contribution in [0.4, 0.5) is 21.9 Å². The third kappa shape index (κ3) is 4.30. The first-order valence-electron chi connectivity index (χ1n) is 12.3. The van der Waals surface area contributed by atoms with Gasteiger partial charge < -0.3 is 20.5 Å². The molecule has 1 aliphatic carbocycles. The molecular weight excluding hydrogens is 488 g/mol. The first kappa shape index (κ1) is 23.4. The summed E-state index contributed by atoms with van der Waals surface area (Å²) in [7, 11) is 0. The average Bonchev–Trinajstić information content (AvgIpc) is 3.26. The van der Waals surface area contributed by atoms with Crippen molar-refractivity contribution in [3.05, 3.63) is 71.2 Å². The zero-order valence-electron chi connectivity index (χ0n) is 20.2. The summed E-state index contributed by atoms with van der Waals surface area (Å²) in [6, 6.07) is 16.2. The SMILES string of the molecule is Cc1cc(Oc2ccccc2)ccc1N1C(=O)Nc2c(C(=O)NC3CCCCC3O)sc3nccc1c23. The predicted octanol–water partition coefficient (Wildman–Crippen LogP) is 6.11. The van der Waals surface area contributed by atoms with Gasteiger partial charge in [-0.15, -0.1) is 11.3 Å². The molecular formula is C28H26N4O4S. The van der Waals surface area contributed by atoms with E-state index in [0.717, 1.165) is 36.0 Å². The average molecular weight is 515 g/mol. The van der Waals surface area contributed by atoms with Crippen LogP contribution in [0.25, 0.3) is 10.2 Å². The molecule has 2 aromatic heterocycles. The number of ether oxygens (including phenoxy) is 1. The van der Waals surface area contributed by atoms with Crippen molar-refractivity contribution in [1.29, 1.82) is 0 Å². The molecule has 4 aromatic rings. The van der Waals surface area contributed by atoms with Crippen molar-refractivity contribution < 1.29 is 19.4 Å². The quantitative estimate of drug-likeness (QED) is 0.298. The number of anilines is 3. The van der Waals surface area contributed by atoms with Crippen LogP contribution in [0.1, 0.15) is 40.9 Å². The van der Waals surface area contributed by atoms with Gasteiger partial charge in [0.05, 0.1) is 34.6 Å². The minimum Gasteiger partial charge on any atom is -0.457 e. The lowest BCUT2D eigenvalue weighted by molar-refractivity contribution is 0.0720. The second-order valence-electron chi connectivity index (χ2n) is 9.38. The van der Waals surface area contributed by atoms with Crippen molar-refractivity contribution in [2.24, 2.45) is 0 Å². The number of thiophene rings is 1. The summed E-state index contributed by atoms with van der Waals surface area (Å²) in [6.07, 6.45) is 4.43. The van der Waals surface area contributed by atoms with Gasteiger partial charge in [-0.3, -0.25) is 9.69 Å². The highest BCUT2D eigenvalue weighted by Crippen LogP contribution is 2.46. The molecule has 2 unspecified atom stereocenters. The largest absolute Gasteiger partial charge is 0.457 e. The Morgan fingerprint density at radius 2 is 1.92 bits per heavy atom. The Hall–Kier alpha value is -3.95. The second kappa shape index (κ2) is 9.49. The minimum atomic E-state index is -0.556. The fourth-order valence-electron chi connectivity index (χ4n) is 5.06. The maximum absolute atomic E-state index is 13.4. The zero-order chi connectivity index (χ0) is 25.5. The second-order valence-corrected chi connectivity index (χ2v) is 10.4. The number of nitrogens with zero attached hydrogens (tertiary/aromatic N) is 2. The van der Waals surface area contributed by atoms with Crippen LogP contribution in [-0.2, 0) is 0 Å². The zero-order valence-corrected chi connectivity index (χ0v) is 21.0. The van der Waals surface area contributed by atoms with Crippen molar-refractivity contribution in [3.8, 4) is 11.5 Å². The molecule has 3 amide bonds. The smallest absolute Gasteiger partial charge is 0.331 e. The number of aliphatic hydroxyl groups is 1. The fourth-order valence-corrected chi connectivity index (χ4v) is 6.09. The van der Waals surface area contributed by atoms with E-state index in [4.69, 9.17) is 4.74 Å². The van der Waals surface area contributed by atoms with Crippen LogP contribution in [0.2, 0.25) is 0 Å². The van der Waals surface area contributed by atoms with Crippen molar-refractivity contribution in [1.82, 2.24) is 10.3 Å². The van der Waals surface area contributed by atoms with E-state index in [1.165, 1.54) is 11.3 Å². The molecule has 0 bridgehead atoms. The molecule has 2 aliphatic rings. The van der Waals surface area contributed by atoms with Crippen molar-refractivity contribution in [2.75, 3.05) is 10.2 Å². The van der Waals surface area contributed by atoms with E-state index in [-0.39, 0.29) is 18.0 Å². The van der Waals surface area contributed by atoms with Gasteiger partial charge in [-0.25, -0.2) is 9.78 Å². The lowest BCUT2D eigenvalue weighted by Crippen LogP contribution is -2.45. The molecule has 37 heavy (non-hydrogen) atoms. The summed E-state index contributed by atoms with van der Waals surface area (Å²) >= 11 is 1.24. The number of aromatic nitrogens is 1. The molecule has 8 nitrogen and oxygen atoms in total. The van der Waals surface area contributed by atoms with Crippen molar-refractivity contribution in [3.63, 3.8) is 0 Å². The fraction of sp³-hybridized carbons (Fsp3) is 0.250. The number of carbonyl (C=O) groups is 2. The number of benzene rings is 2. The van der Waals surface area contributed by atoms with Crippen LogP contribution in [0, 0.1) is 6.92 Å². The number of carbonyl (C=O) groups excluding carboxylic acids is 2. The van der Waals surface area contributed by atoms with Gasteiger partial charge in [0.15, 0.2) is 0 Å². The molecule has 6 rings (SSSR count). The predicted molar refractivity (Wildman–Crippen MR) is 144 cm³/mol. The third-order valence-electron chi connectivity index (χ3n) is 6.89. The van der Waals surface area contributed by atoms with Crippen LogP contribution < -0.4 is 20.3 Å². The molecule has 2 atom stereocenters. The summed E-state index contributed by atoms with van der Waals surface area (Å²) in [6.45, 7) is 1.93. The maximum atomic E-state index is 13.4. The Labute approximate surface area is 217 Å². The van der Waals surface area contributed by atoms with Gasteiger partial charge in [-0.05, 0) is 61.7 Å². The van der Waals surface area contributed by atoms with E-state index in [2.05, 4.69) is 15.6 Å². The summed E-state index contributed by atoms with van der Waals surface area (Å²) in [4.78, 5) is 33.8. The highest BCUT2D eigenvalue weighted by atomic mass is 32.1. The molecule has 1 saturated carbocycles. The standard InChI is InChI=1S/C28H26N4O4S/c1-16-15-18(36-17-7-3-2-4-8-17)11-12-20(16)32-21-13-14-29-27-23(21)24(31-28(32)35)25(37-27)26(34)30-19-9-5-6-10-22(19)33/h2-4,7-8,11-15,19,22,33H,5-6,9-10H2,1H3,(H,30,34)(H,31,35). The molecule has 1 aliphatic heterocycles. The summed E-state index contributed by atoms with van der Waals surface area (Å²) in [5, 5.41) is 16.9. The first-order chi connectivity index (χ1) is 18.0. The van der Waals surface area contributed by atoms with E-state index in [1.54, 1.807) is 17.2 Å². The van der Waals surface area contributed by atoms with Gasteiger partial charge in [0, 0.05) is 6.20 Å². The Bertz CT molecular complexity index is 1500. The number of hydrogen-bond acceptors (Lipinski definition) is 6. The van der Waals surface area contributed by atoms with E-state index in [1.807, 2.05) is 55.5 Å². The van der Waals surface area contributed by atoms with Crippen LogP contribution >= 0.6 is 11.3 Å². The van der Waals surface area contributed by atoms with E-state index in [0.29, 0.717) is 38.9 Å². The van der Waals surface area contributed by atoms with Crippen LogP contribution in [0.5, 0.6) is 11.5 Å². The topological polar surface area (TPSA) is 104 Å². The Balaban J connectivity index is 1.34. The van der Waals surface area contributed by atoms with Crippen molar-refractivity contribution in [2.45, 2.75) is 44.8 Å². The minimum absolute atomic E-state index is 0.291. The number of nitrogens with one attached hydrogen (secondary N) is 2. The van der Waals surface area contributed by atoms with Crippen molar-refractivity contribution >= 4 is 50.6 Å². The van der Waals surface area contributed by atoms with E-state index in [9.17, 15) is 14.7 Å². The summed E-state index contributed by atoms with van der Waals surface area (Å²) in [5.41, 5.74) is 2.69. The Morgan fingerprint density at radius 1 is 1.11 bits per heavy atom. The molecule has 3 heterocycles. The molecule has 0 radical (unpaired) electrons.